The fourth-order valence-corrected chi connectivity index (χ4v) is 6.31. The second kappa shape index (κ2) is 8.30. The number of anilines is 1. The minimum atomic E-state index is -3.64. The summed E-state index contributed by atoms with van der Waals surface area (Å²) in [5, 5.41) is 0. The molecule has 8 heteroatoms. The highest BCUT2D eigenvalue weighted by atomic mass is 79.9. The van der Waals surface area contributed by atoms with E-state index in [0.717, 1.165) is 21.4 Å². The number of aromatic nitrogens is 2. The molecule has 1 aliphatic heterocycles. The molecule has 1 aromatic heterocycles. The van der Waals surface area contributed by atoms with Gasteiger partial charge in [0.15, 0.2) is 0 Å². The Kier molecular flexibility index (Phi) is 5.76. The Morgan fingerprint density at radius 2 is 2.00 bits per heavy atom. The molecule has 1 unspecified atom stereocenters. The van der Waals surface area contributed by atoms with Gasteiger partial charge in [0.1, 0.15) is 4.90 Å². The standard InChI is InChI=1S/C21H23BrN4O2S/c1-2-26-19(10-16-6-4-3-5-7-16)14-25(13-18-12-23-15-24-18)20-9-8-17(22)11-21(20)29(26,27)28/h3-9,11-12,15,19H,2,10,13-14H2,1H3,(H,23,24). The zero-order chi connectivity index (χ0) is 20.4. The highest BCUT2D eigenvalue weighted by Crippen LogP contribution is 2.36. The number of aromatic amines is 1. The van der Waals surface area contributed by atoms with Crippen LogP contribution in [0.4, 0.5) is 5.69 Å². The molecule has 0 bridgehead atoms. The summed E-state index contributed by atoms with van der Waals surface area (Å²) in [6.07, 6.45) is 4.08. The molecular weight excluding hydrogens is 452 g/mol. The van der Waals surface area contributed by atoms with E-state index in [1.54, 1.807) is 22.9 Å². The van der Waals surface area contributed by atoms with E-state index < -0.39 is 10.0 Å². The number of sulfonamides is 1. The molecule has 3 aromatic rings. The van der Waals surface area contributed by atoms with Gasteiger partial charge in [-0.2, -0.15) is 4.31 Å². The molecule has 4 rings (SSSR count). The molecule has 0 aliphatic carbocycles. The number of likely N-dealkylation sites (N-methyl/N-ethyl adjacent to an activating group) is 1. The number of imidazole rings is 1. The lowest BCUT2D eigenvalue weighted by Crippen LogP contribution is -2.45. The zero-order valence-corrected chi connectivity index (χ0v) is 18.5. The van der Waals surface area contributed by atoms with Gasteiger partial charge in [-0.3, -0.25) is 0 Å². The molecule has 2 aromatic carbocycles. The van der Waals surface area contributed by atoms with Crippen LogP contribution >= 0.6 is 15.9 Å². The zero-order valence-electron chi connectivity index (χ0n) is 16.1. The van der Waals surface area contributed by atoms with Gasteiger partial charge in [-0.15, -0.1) is 0 Å². The summed E-state index contributed by atoms with van der Waals surface area (Å²) in [7, 11) is -3.64. The Balaban J connectivity index is 1.80. The minimum Gasteiger partial charge on any atom is -0.363 e. The van der Waals surface area contributed by atoms with E-state index in [9.17, 15) is 8.42 Å². The molecule has 0 spiro atoms. The summed E-state index contributed by atoms with van der Waals surface area (Å²) in [6, 6.07) is 15.4. The van der Waals surface area contributed by atoms with E-state index >= 15 is 0 Å². The van der Waals surface area contributed by atoms with Crippen molar-refractivity contribution in [3.8, 4) is 0 Å². The maximum Gasteiger partial charge on any atom is 0.245 e. The Bertz CT molecular complexity index is 1070. The van der Waals surface area contributed by atoms with Crippen LogP contribution in [0.15, 0.2) is 70.4 Å². The van der Waals surface area contributed by atoms with Crippen LogP contribution in [0, 0.1) is 0 Å². The molecule has 6 nitrogen and oxygen atoms in total. The summed E-state index contributed by atoms with van der Waals surface area (Å²) >= 11 is 3.44. The number of benzene rings is 2. The van der Waals surface area contributed by atoms with Crippen molar-refractivity contribution in [3.05, 3.63) is 76.8 Å². The van der Waals surface area contributed by atoms with Crippen molar-refractivity contribution >= 4 is 31.6 Å². The number of nitrogens with zero attached hydrogens (tertiary/aromatic N) is 3. The van der Waals surface area contributed by atoms with Gasteiger partial charge in [-0.1, -0.05) is 53.2 Å². The number of halogens is 1. The Hall–Kier alpha value is -2.16. The van der Waals surface area contributed by atoms with Crippen LogP contribution in [0.2, 0.25) is 0 Å². The van der Waals surface area contributed by atoms with E-state index in [1.807, 2.05) is 49.4 Å². The van der Waals surface area contributed by atoms with Crippen LogP contribution in [0.3, 0.4) is 0 Å². The van der Waals surface area contributed by atoms with Crippen LogP contribution < -0.4 is 4.90 Å². The number of H-pyrrole nitrogens is 1. The topological polar surface area (TPSA) is 69.3 Å². The first-order valence-corrected chi connectivity index (χ1v) is 11.8. The first-order chi connectivity index (χ1) is 14.0. The lowest BCUT2D eigenvalue weighted by molar-refractivity contribution is 0.332. The number of hydrogen-bond acceptors (Lipinski definition) is 4. The maximum atomic E-state index is 13.6. The van der Waals surface area contributed by atoms with Gasteiger partial charge in [0.2, 0.25) is 10.0 Å². The molecule has 2 heterocycles. The summed E-state index contributed by atoms with van der Waals surface area (Å²) in [5.41, 5.74) is 2.79. The normalized spacial score (nSPS) is 19.0. The van der Waals surface area contributed by atoms with E-state index in [2.05, 4.69) is 30.8 Å². The fourth-order valence-electron chi connectivity index (χ4n) is 3.93. The third-order valence-electron chi connectivity index (χ3n) is 5.23. The lowest BCUT2D eigenvalue weighted by atomic mass is 10.0. The van der Waals surface area contributed by atoms with E-state index in [1.165, 1.54) is 0 Å². The number of nitrogens with one attached hydrogen (secondary N) is 1. The SMILES string of the molecule is CCN1C(Cc2ccccc2)CN(Cc2cnc[nH]2)c2ccc(Br)cc2S1(=O)=O. The maximum absolute atomic E-state index is 13.6. The van der Waals surface area contributed by atoms with Gasteiger partial charge in [0, 0.05) is 29.8 Å². The molecule has 0 radical (unpaired) electrons. The number of hydrogen-bond donors (Lipinski definition) is 1. The van der Waals surface area contributed by atoms with E-state index in [4.69, 9.17) is 0 Å². The van der Waals surface area contributed by atoms with Crippen LogP contribution in [0.25, 0.3) is 0 Å². The monoisotopic (exact) mass is 474 g/mol. The minimum absolute atomic E-state index is 0.179. The van der Waals surface area contributed by atoms with Gasteiger partial charge in [0.05, 0.1) is 24.3 Å². The van der Waals surface area contributed by atoms with Crippen LogP contribution in [0.1, 0.15) is 18.2 Å². The average Bonchev–Trinajstić information content (AvgIpc) is 3.19. The van der Waals surface area contributed by atoms with Crippen molar-refractivity contribution in [3.63, 3.8) is 0 Å². The van der Waals surface area contributed by atoms with Gasteiger partial charge in [0.25, 0.3) is 0 Å². The average molecular weight is 475 g/mol. The molecule has 29 heavy (non-hydrogen) atoms. The Morgan fingerprint density at radius 1 is 1.21 bits per heavy atom. The third-order valence-corrected chi connectivity index (χ3v) is 7.78. The molecule has 1 N–H and O–H groups in total. The predicted octanol–water partition coefficient (Wildman–Crippen LogP) is 3.81. The van der Waals surface area contributed by atoms with Crippen molar-refractivity contribution in [2.75, 3.05) is 18.0 Å². The predicted molar refractivity (Wildman–Crippen MR) is 117 cm³/mol. The first-order valence-electron chi connectivity index (χ1n) is 9.56. The smallest absolute Gasteiger partial charge is 0.245 e. The van der Waals surface area contributed by atoms with Crippen molar-refractivity contribution in [2.45, 2.75) is 30.8 Å². The van der Waals surface area contributed by atoms with Crippen LogP contribution in [0.5, 0.6) is 0 Å². The molecule has 0 amide bonds. The first kappa shape index (κ1) is 20.1. The van der Waals surface area contributed by atoms with E-state index in [-0.39, 0.29) is 6.04 Å². The van der Waals surface area contributed by atoms with Gasteiger partial charge in [-0.25, -0.2) is 13.4 Å². The van der Waals surface area contributed by atoms with Crippen LogP contribution in [-0.2, 0) is 23.0 Å². The third kappa shape index (κ3) is 4.10. The highest BCUT2D eigenvalue weighted by Gasteiger charge is 2.38. The lowest BCUT2D eigenvalue weighted by Gasteiger charge is -2.30. The van der Waals surface area contributed by atoms with Gasteiger partial charge in [-0.05, 0) is 30.2 Å². The number of fused-ring (bicyclic) bond motifs is 1. The molecule has 0 saturated heterocycles. The summed E-state index contributed by atoms with van der Waals surface area (Å²) < 4.78 is 29.6. The van der Waals surface area contributed by atoms with Crippen molar-refractivity contribution in [1.82, 2.24) is 14.3 Å². The van der Waals surface area contributed by atoms with Crippen molar-refractivity contribution in [1.29, 1.82) is 0 Å². The molecular formula is C21H23BrN4O2S. The second-order valence-electron chi connectivity index (χ2n) is 7.12. The van der Waals surface area contributed by atoms with Crippen LogP contribution in [-0.4, -0.2) is 41.8 Å². The molecule has 1 atom stereocenters. The molecule has 0 saturated carbocycles. The molecule has 1 aliphatic rings. The molecule has 0 fully saturated rings. The summed E-state index contributed by atoms with van der Waals surface area (Å²) in [4.78, 5) is 9.71. The Labute approximate surface area is 179 Å². The number of rotatable bonds is 5. The highest BCUT2D eigenvalue weighted by molar-refractivity contribution is 9.10. The summed E-state index contributed by atoms with van der Waals surface area (Å²) in [6.45, 7) is 3.48. The molecule has 152 valence electrons. The van der Waals surface area contributed by atoms with Gasteiger partial charge < -0.3 is 9.88 Å². The van der Waals surface area contributed by atoms with E-state index in [0.29, 0.717) is 31.0 Å². The second-order valence-corrected chi connectivity index (χ2v) is 9.90. The fraction of sp³-hybridized carbons (Fsp3) is 0.286. The van der Waals surface area contributed by atoms with Crippen molar-refractivity contribution in [2.24, 2.45) is 0 Å². The largest absolute Gasteiger partial charge is 0.363 e. The quantitative estimate of drug-likeness (QED) is 0.610. The Morgan fingerprint density at radius 3 is 2.69 bits per heavy atom. The van der Waals surface area contributed by atoms with Gasteiger partial charge >= 0.3 is 0 Å². The summed E-state index contributed by atoms with van der Waals surface area (Å²) in [5.74, 6) is 0. The van der Waals surface area contributed by atoms with Crippen molar-refractivity contribution < 1.29 is 8.42 Å².